The highest BCUT2D eigenvalue weighted by Gasteiger charge is 2.09. The van der Waals surface area contributed by atoms with Gasteiger partial charge in [-0.1, -0.05) is 0 Å². The summed E-state index contributed by atoms with van der Waals surface area (Å²) in [6, 6.07) is 5.53. The summed E-state index contributed by atoms with van der Waals surface area (Å²) in [7, 11) is 0. The zero-order chi connectivity index (χ0) is 10.6. The molecule has 0 aliphatic rings. The monoisotopic (exact) mass is 197 g/mol. The molecule has 1 rings (SSSR count). The van der Waals surface area contributed by atoms with Gasteiger partial charge in [0, 0.05) is 12.0 Å². The van der Waals surface area contributed by atoms with E-state index in [0.29, 0.717) is 12.0 Å². The van der Waals surface area contributed by atoms with E-state index < -0.39 is 6.43 Å². The molecule has 0 aliphatic carbocycles. The van der Waals surface area contributed by atoms with E-state index in [1.165, 1.54) is 18.2 Å². The van der Waals surface area contributed by atoms with Crippen molar-refractivity contribution in [3.8, 4) is 11.8 Å². The summed E-state index contributed by atoms with van der Waals surface area (Å²) in [6.45, 7) is 0. The Morgan fingerprint density at radius 3 is 2.71 bits per heavy atom. The first kappa shape index (κ1) is 10.5. The molecule has 1 N–H and O–H groups in total. The lowest BCUT2D eigenvalue weighted by Crippen LogP contribution is -1.90. The van der Waals surface area contributed by atoms with Crippen LogP contribution in [0.5, 0.6) is 5.75 Å². The first-order chi connectivity index (χ1) is 6.65. The summed E-state index contributed by atoms with van der Waals surface area (Å²) in [6.07, 6.45) is -2.04. The molecule has 0 saturated heterocycles. The minimum atomic E-state index is -2.54. The van der Waals surface area contributed by atoms with Crippen LogP contribution >= 0.6 is 0 Å². The van der Waals surface area contributed by atoms with E-state index in [0.717, 1.165) is 0 Å². The lowest BCUT2D eigenvalue weighted by Gasteiger charge is -2.05. The van der Waals surface area contributed by atoms with E-state index in [1.54, 1.807) is 0 Å². The van der Waals surface area contributed by atoms with Crippen molar-refractivity contribution in [2.24, 2.45) is 0 Å². The van der Waals surface area contributed by atoms with E-state index in [2.05, 4.69) is 0 Å². The van der Waals surface area contributed by atoms with Gasteiger partial charge in [0.1, 0.15) is 5.75 Å². The van der Waals surface area contributed by atoms with Gasteiger partial charge in [-0.2, -0.15) is 5.26 Å². The first-order valence-corrected chi connectivity index (χ1v) is 4.12. The second-order valence-electron chi connectivity index (χ2n) is 2.85. The molecule has 0 radical (unpaired) electrons. The standard InChI is InChI=1S/C10H9F2NO/c11-10(12)8-3-4-9(14)7(6-8)2-1-5-13/h3-4,6,10,14H,1-2H2. The normalized spacial score (nSPS) is 10.1. The number of benzene rings is 1. The van der Waals surface area contributed by atoms with Gasteiger partial charge in [-0.05, 0) is 30.2 Å². The summed E-state index contributed by atoms with van der Waals surface area (Å²) in [4.78, 5) is 0. The Kier molecular flexibility index (Phi) is 3.41. The van der Waals surface area contributed by atoms with Crippen LogP contribution < -0.4 is 0 Å². The molecule has 0 unspecified atom stereocenters. The number of hydrogen-bond donors (Lipinski definition) is 1. The van der Waals surface area contributed by atoms with Crippen molar-refractivity contribution in [2.75, 3.05) is 0 Å². The predicted molar refractivity (Wildman–Crippen MR) is 47.0 cm³/mol. The van der Waals surface area contributed by atoms with E-state index in [-0.39, 0.29) is 17.7 Å². The Morgan fingerprint density at radius 1 is 1.43 bits per heavy atom. The van der Waals surface area contributed by atoms with Crippen molar-refractivity contribution < 1.29 is 13.9 Å². The van der Waals surface area contributed by atoms with Gasteiger partial charge in [0.25, 0.3) is 6.43 Å². The molecule has 1 aromatic carbocycles. The topological polar surface area (TPSA) is 44.0 Å². The molecule has 0 atom stereocenters. The lowest BCUT2D eigenvalue weighted by atomic mass is 10.1. The summed E-state index contributed by atoms with van der Waals surface area (Å²) in [5.41, 5.74) is 0.264. The molecule has 1 aromatic rings. The number of rotatable bonds is 3. The second kappa shape index (κ2) is 4.56. The summed E-state index contributed by atoms with van der Waals surface area (Å²) in [5, 5.41) is 17.6. The zero-order valence-electron chi connectivity index (χ0n) is 7.37. The van der Waals surface area contributed by atoms with Crippen LogP contribution in [0.25, 0.3) is 0 Å². The SMILES string of the molecule is N#CCCc1cc(C(F)F)ccc1O. The quantitative estimate of drug-likeness (QED) is 0.809. The zero-order valence-corrected chi connectivity index (χ0v) is 7.37. The molecule has 0 heterocycles. The van der Waals surface area contributed by atoms with Gasteiger partial charge in [-0.25, -0.2) is 8.78 Å². The fourth-order valence-corrected chi connectivity index (χ4v) is 1.13. The Hall–Kier alpha value is -1.63. The molecule has 4 heteroatoms. The Bertz CT molecular complexity index is 358. The largest absolute Gasteiger partial charge is 0.508 e. The highest BCUT2D eigenvalue weighted by Crippen LogP contribution is 2.25. The average molecular weight is 197 g/mol. The maximum atomic E-state index is 12.3. The lowest BCUT2D eigenvalue weighted by molar-refractivity contribution is 0.151. The van der Waals surface area contributed by atoms with E-state index in [9.17, 15) is 13.9 Å². The Labute approximate surface area is 80.4 Å². The van der Waals surface area contributed by atoms with Crippen LogP contribution in [-0.4, -0.2) is 5.11 Å². The third-order valence-electron chi connectivity index (χ3n) is 1.86. The molecule has 14 heavy (non-hydrogen) atoms. The van der Waals surface area contributed by atoms with Gasteiger partial charge in [0.2, 0.25) is 0 Å². The molecule has 0 spiro atoms. The fourth-order valence-electron chi connectivity index (χ4n) is 1.13. The number of halogens is 2. The fraction of sp³-hybridized carbons (Fsp3) is 0.300. The number of phenols is 1. The summed E-state index contributed by atoms with van der Waals surface area (Å²) >= 11 is 0. The Morgan fingerprint density at radius 2 is 2.14 bits per heavy atom. The second-order valence-corrected chi connectivity index (χ2v) is 2.85. The minimum Gasteiger partial charge on any atom is -0.508 e. The van der Waals surface area contributed by atoms with Crippen molar-refractivity contribution in [1.82, 2.24) is 0 Å². The van der Waals surface area contributed by atoms with Crippen LogP contribution in [0, 0.1) is 11.3 Å². The number of nitriles is 1. The van der Waals surface area contributed by atoms with Gasteiger partial charge in [-0.15, -0.1) is 0 Å². The van der Waals surface area contributed by atoms with Crippen LogP contribution in [0.2, 0.25) is 0 Å². The molecule has 74 valence electrons. The maximum Gasteiger partial charge on any atom is 0.263 e. The van der Waals surface area contributed by atoms with E-state index in [4.69, 9.17) is 5.26 Å². The number of hydrogen-bond acceptors (Lipinski definition) is 2. The first-order valence-electron chi connectivity index (χ1n) is 4.12. The van der Waals surface area contributed by atoms with Crippen LogP contribution in [0.4, 0.5) is 8.78 Å². The molecule has 0 amide bonds. The van der Waals surface area contributed by atoms with Gasteiger partial charge in [0.05, 0.1) is 6.07 Å². The minimum absolute atomic E-state index is 0.0374. The molecule has 0 aromatic heterocycles. The molecule has 2 nitrogen and oxygen atoms in total. The highest BCUT2D eigenvalue weighted by atomic mass is 19.3. The number of nitrogens with zero attached hydrogens (tertiary/aromatic N) is 1. The molecular formula is C10H9F2NO. The Balaban J connectivity index is 2.91. The van der Waals surface area contributed by atoms with Gasteiger partial charge < -0.3 is 5.11 Å². The van der Waals surface area contributed by atoms with Crippen LogP contribution in [0.15, 0.2) is 18.2 Å². The van der Waals surface area contributed by atoms with Crippen molar-refractivity contribution in [2.45, 2.75) is 19.3 Å². The molecular weight excluding hydrogens is 188 g/mol. The summed E-state index contributed by atoms with van der Waals surface area (Å²) < 4.78 is 24.5. The van der Waals surface area contributed by atoms with Gasteiger partial charge >= 0.3 is 0 Å². The van der Waals surface area contributed by atoms with Crippen LogP contribution in [-0.2, 0) is 6.42 Å². The molecule has 0 bridgehead atoms. The van der Waals surface area contributed by atoms with Crippen molar-refractivity contribution in [3.63, 3.8) is 0 Å². The number of aryl methyl sites for hydroxylation is 1. The molecule has 0 fully saturated rings. The van der Waals surface area contributed by atoms with E-state index in [1.807, 2.05) is 6.07 Å². The van der Waals surface area contributed by atoms with Gasteiger partial charge in [0.15, 0.2) is 0 Å². The third kappa shape index (κ3) is 2.43. The third-order valence-corrected chi connectivity index (χ3v) is 1.86. The molecule has 0 saturated carbocycles. The highest BCUT2D eigenvalue weighted by molar-refractivity contribution is 5.36. The smallest absolute Gasteiger partial charge is 0.263 e. The van der Waals surface area contributed by atoms with E-state index >= 15 is 0 Å². The van der Waals surface area contributed by atoms with Crippen LogP contribution in [0.1, 0.15) is 24.0 Å². The predicted octanol–water partition coefficient (Wildman–Crippen LogP) is 2.79. The van der Waals surface area contributed by atoms with Crippen LogP contribution in [0.3, 0.4) is 0 Å². The molecule has 0 aliphatic heterocycles. The van der Waals surface area contributed by atoms with Crippen molar-refractivity contribution in [3.05, 3.63) is 29.3 Å². The number of alkyl halides is 2. The van der Waals surface area contributed by atoms with Crippen molar-refractivity contribution in [1.29, 1.82) is 5.26 Å². The maximum absolute atomic E-state index is 12.3. The average Bonchev–Trinajstić information content (AvgIpc) is 2.16. The summed E-state index contributed by atoms with van der Waals surface area (Å²) in [5.74, 6) is -0.0374. The number of aromatic hydroxyl groups is 1. The van der Waals surface area contributed by atoms with Gasteiger partial charge in [-0.3, -0.25) is 0 Å². The van der Waals surface area contributed by atoms with Crippen molar-refractivity contribution >= 4 is 0 Å². The number of phenolic OH excluding ortho intramolecular Hbond substituents is 1.